The molecule has 10 heavy (non-hydrogen) atoms. The van der Waals surface area contributed by atoms with Gasteiger partial charge in [0.1, 0.15) is 5.03 Å². The fraction of sp³-hybridized carbons (Fsp3) is 0.286. The number of nitrogens with zero attached hydrogens (tertiary/aromatic N) is 1. The standard InChI is InChI=1S/C7H8ClNS/c1-2-10-7-6(8)4-3-5-9-7/h3-5H,2H2,1H3. The van der Waals surface area contributed by atoms with Crippen LogP contribution in [0.1, 0.15) is 6.92 Å². The third-order valence-electron chi connectivity index (χ3n) is 1.01. The lowest BCUT2D eigenvalue weighted by Crippen LogP contribution is -1.79. The van der Waals surface area contributed by atoms with E-state index < -0.39 is 0 Å². The van der Waals surface area contributed by atoms with Gasteiger partial charge in [-0.3, -0.25) is 0 Å². The summed E-state index contributed by atoms with van der Waals surface area (Å²) < 4.78 is 0. The molecule has 0 bridgehead atoms. The Bertz CT molecular complexity index is 215. The van der Waals surface area contributed by atoms with E-state index >= 15 is 0 Å². The molecule has 1 nitrogen and oxygen atoms in total. The van der Waals surface area contributed by atoms with Crippen molar-refractivity contribution in [3.8, 4) is 0 Å². The van der Waals surface area contributed by atoms with Crippen molar-refractivity contribution in [1.82, 2.24) is 4.98 Å². The van der Waals surface area contributed by atoms with Gasteiger partial charge in [0.15, 0.2) is 0 Å². The minimum absolute atomic E-state index is 0.745. The highest BCUT2D eigenvalue weighted by molar-refractivity contribution is 7.99. The van der Waals surface area contributed by atoms with Crippen LogP contribution in [0.4, 0.5) is 0 Å². The molecule has 3 heteroatoms. The van der Waals surface area contributed by atoms with Crippen molar-refractivity contribution in [3.63, 3.8) is 0 Å². The van der Waals surface area contributed by atoms with Crippen molar-refractivity contribution in [3.05, 3.63) is 23.4 Å². The Kier molecular flexibility index (Phi) is 3.03. The minimum Gasteiger partial charge on any atom is -0.248 e. The normalized spacial score (nSPS) is 9.80. The first-order valence-electron chi connectivity index (χ1n) is 3.08. The van der Waals surface area contributed by atoms with E-state index in [2.05, 4.69) is 11.9 Å². The van der Waals surface area contributed by atoms with Gasteiger partial charge >= 0.3 is 0 Å². The maximum atomic E-state index is 5.82. The number of halogens is 1. The van der Waals surface area contributed by atoms with E-state index in [4.69, 9.17) is 11.6 Å². The molecule has 0 aliphatic rings. The quantitative estimate of drug-likeness (QED) is 0.638. The predicted molar refractivity (Wildman–Crippen MR) is 45.6 cm³/mol. The van der Waals surface area contributed by atoms with Crippen molar-refractivity contribution >= 4 is 23.4 Å². The molecule has 0 aliphatic heterocycles. The summed E-state index contributed by atoms with van der Waals surface area (Å²) in [4.78, 5) is 4.10. The smallest absolute Gasteiger partial charge is 0.115 e. The molecule has 0 saturated heterocycles. The van der Waals surface area contributed by atoms with Crippen LogP contribution in [0.15, 0.2) is 23.4 Å². The van der Waals surface area contributed by atoms with Gasteiger partial charge in [0.2, 0.25) is 0 Å². The lowest BCUT2D eigenvalue weighted by molar-refractivity contribution is 1.13. The van der Waals surface area contributed by atoms with Crippen LogP contribution in [0.25, 0.3) is 0 Å². The van der Waals surface area contributed by atoms with Gasteiger partial charge < -0.3 is 0 Å². The lowest BCUT2D eigenvalue weighted by Gasteiger charge is -1.97. The van der Waals surface area contributed by atoms with Crippen molar-refractivity contribution in [1.29, 1.82) is 0 Å². The third kappa shape index (κ3) is 1.89. The number of hydrogen-bond acceptors (Lipinski definition) is 2. The van der Waals surface area contributed by atoms with E-state index in [1.165, 1.54) is 0 Å². The van der Waals surface area contributed by atoms with Gasteiger partial charge in [0.05, 0.1) is 5.02 Å². The van der Waals surface area contributed by atoms with Gasteiger partial charge in [-0.05, 0) is 17.9 Å². The highest BCUT2D eigenvalue weighted by Crippen LogP contribution is 2.22. The second-order valence-corrected chi connectivity index (χ2v) is 3.38. The molecule has 0 spiro atoms. The summed E-state index contributed by atoms with van der Waals surface area (Å²) in [7, 11) is 0. The van der Waals surface area contributed by atoms with Gasteiger partial charge in [-0.2, -0.15) is 0 Å². The molecule has 54 valence electrons. The van der Waals surface area contributed by atoms with Crippen molar-refractivity contribution in [2.75, 3.05) is 5.75 Å². The summed E-state index contributed by atoms with van der Waals surface area (Å²) in [6, 6.07) is 3.69. The monoisotopic (exact) mass is 173 g/mol. The molecule has 0 saturated carbocycles. The Morgan fingerprint density at radius 1 is 1.70 bits per heavy atom. The molecule has 0 fully saturated rings. The first-order chi connectivity index (χ1) is 4.84. The minimum atomic E-state index is 0.745. The number of hydrogen-bond donors (Lipinski definition) is 0. The SMILES string of the molecule is CCSc1ncccc1Cl. The maximum absolute atomic E-state index is 5.82. The second kappa shape index (κ2) is 3.84. The Morgan fingerprint density at radius 3 is 3.10 bits per heavy atom. The Balaban J connectivity index is 2.81. The van der Waals surface area contributed by atoms with Gasteiger partial charge in [-0.25, -0.2) is 4.98 Å². The molecule has 1 aromatic rings. The fourth-order valence-corrected chi connectivity index (χ4v) is 1.51. The second-order valence-electron chi connectivity index (χ2n) is 1.72. The summed E-state index contributed by atoms with van der Waals surface area (Å²) in [5.41, 5.74) is 0. The number of thioether (sulfide) groups is 1. The van der Waals surface area contributed by atoms with E-state index in [9.17, 15) is 0 Å². The van der Waals surface area contributed by atoms with Crippen LogP contribution in [0.3, 0.4) is 0 Å². The Labute approximate surface area is 69.8 Å². The van der Waals surface area contributed by atoms with E-state index in [0.717, 1.165) is 15.8 Å². The van der Waals surface area contributed by atoms with Crippen LogP contribution < -0.4 is 0 Å². The first kappa shape index (κ1) is 7.89. The van der Waals surface area contributed by atoms with E-state index in [1.807, 2.05) is 12.1 Å². The molecular formula is C7H8ClNS. The maximum Gasteiger partial charge on any atom is 0.115 e. The fourth-order valence-electron chi connectivity index (χ4n) is 0.614. The Morgan fingerprint density at radius 2 is 2.50 bits per heavy atom. The summed E-state index contributed by atoms with van der Waals surface area (Å²) >= 11 is 7.48. The van der Waals surface area contributed by atoms with Gasteiger partial charge in [0, 0.05) is 6.20 Å². The molecule has 1 aromatic heterocycles. The van der Waals surface area contributed by atoms with Crippen LogP contribution in [0, 0.1) is 0 Å². The highest BCUT2D eigenvalue weighted by atomic mass is 35.5. The first-order valence-corrected chi connectivity index (χ1v) is 4.44. The average molecular weight is 174 g/mol. The van der Waals surface area contributed by atoms with Crippen LogP contribution in [0.2, 0.25) is 5.02 Å². The zero-order chi connectivity index (χ0) is 7.40. The lowest BCUT2D eigenvalue weighted by atomic mass is 10.5. The number of aromatic nitrogens is 1. The Hall–Kier alpha value is -0.210. The molecular weight excluding hydrogens is 166 g/mol. The molecule has 0 radical (unpaired) electrons. The predicted octanol–water partition coefficient (Wildman–Crippen LogP) is 2.85. The summed E-state index contributed by atoms with van der Waals surface area (Å²) in [5.74, 6) is 1.01. The molecule has 0 aromatic carbocycles. The molecule has 0 unspecified atom stereocenters. The number of rotatable bonds is 2. The third-order valence-corrected chi connectivity index (χ3v) is 2.31. The van der Waals surface area contributed by atoms with E-state index in [-0.39, 0.29) is 0 Å². The topological polar surface area (TPSA) is 12.9 Å². The highest BCUT2D eigenvalue weighted by Gasteiger charge is 1.97. The zero-order valence-electron chi connectivity index (χ0n) is 5.67. The van der Waals surface area contributed by atoms with Crippen molar-refractivity contribution in [2.24, 2.45) is 0 Å². The summed E-state index contributed by atoms with van der Waals surface area (Å²) in [6.07, 6.45) is 1.75. The van der Waals surface area contributed by atoms with E-state index in [0.29, 0.717) is 0 Å². The largest absolute Gasteiger partial charge is 0.248 e. The molecule has 1 rings (SSSR count). The van der Waals surface area contributed by atoms with Gasteiger partial charge in [-0.15, -0.1) is 11.8 Å². The zero-order valence-corrected chi connectivity index (χ0v) is 7.25. The average Bonchev–Trinajstić information content (AvgIpc) is 1.94. The van der Waals surface area contributed by atoms with Gasteiger partial charge in [-0.1, -0.05) is 18.5 Å². The molecule has 0 aliphatic carbocycles. The summed E-state index contributed by atoms with van der Waals surface area (Å²) in [5, 5.41) is 1.67. The van der Waals surface area contributed by atoms with Crippen LogP contribution in [0.5, 0.6) is 0 Å². The number of pyridine rings is 1. The van der Waals surface area contributed by atoms with Crippen LogP contribution >= 0.6 is 23.4 Å². The van der Waals surface area contributed by atoms with Gasteiger partial charge in [0.25, 0.3) is 0 Å². The van der Waals surface area contributed by atoms with Crippen molar-refractivity contribution < 1.29 is 0 Å². The molecule has 0 amide bonds. The van der Waals surface area contributed by atoms with E-state index in [1.54, 1.807) is 18.0 Å². The van der Waals surface area contributed by atoms with Crippen molar-refractivity contribution in [2.45, 2.75) is 11.9 Å². The molecule has 1 heterocycles. The van der Waals surface area contributed by atoms with Crippen LogP contribution in [-0.4, -0.2) is 10.7 Å². The van der Waals surface area contributed by atoms with Crippen LogP contribution in [-0.2, 0) is 0 Å². The summed E-state index contributed by atoms with van der Waals surface area (Å²) in [6.45, 7) is 2.08. The molecule has 0 atom stereocenters. The molecule has 0 N–H and O–H groups in total.